The van der Waals surface area contributed by atoms with Crippen LogP contribution in [0.2, 0.25) is 0 Å². The molecule has 0 bridgehead atoms. The number of hydrogen-bond acceptors (Lipinski definition) is 0. The van der Waals surface area contributed by atoms with Gasteiger partial charge in [-0.25, -0.2) is 9.13 Å². The molecule has 1 rings (SSSR count). The van der Waals surface area contributed by atoms with E-state index >= 15 is 0 Å². The number of unbranched alkanes of at least 4 members (excludes halogenated alkanes) is 6. The Kier molecular flexibility index (Phi) is 6.20. The van der Waals surface area contributed by atoms with E-state index in [1.54, 1.807) is 0 Å². The lowest BCUT2D eigenvalue weighted by molar-refractivity contribution is -0.678. The van der Waals surface area contributed by atoms with Crippen LogP contribution in [0.3, 0.4) is 0 Å². The minimum Gasteiger partial charge on any atom is -0.237 e. The van der Waals surface area contributed by atoms with E-state index in [2.05, 4.69) is 42.5 Å². The number of nitrogens with zero attached hydrogens (tertiary/aromatic N) is 2. The summed E-state index contributed by atoms with van der Waals surface area (Å²) in [5.41, 5.74) is 0. The van der Waals surface area contributed by atoms with Crippen LogP contribution in [0.1, 0.15) is 57.7 Å². The summed E-state index contributed by atoms with van der Waals surface area (Å²) in [4.78, 5) is 0. The monoisotopic (exact) mass is 223 g/mol. The van der Waals surface area contributed by atoms with Crippen molar-refractivity contribution in [2.45, 2.75) is 58.3 Å². The normalized spacial score (nSPS) is 10.9. The van der Waals surface area contributed by atoms with Crippen molar-refractivity contribution in [3.63, 3.8) is 0 Å². The number of aromatic nitrogens is 2. The molecule has 0 atom stereocenters. The Bertz CT molecular complexity index is 269. The molecule has 0 fully saturated rings. The van der Waals surface area contributed by atoms with Gasteiger partial charge in [0.2, 0.25) is 0 Å². The van der Waals surface area contributed by atoms with Crippen LogP contribution in [-0.4, -0.2) is 4.57 Å². The third kappa shape index (κ3) is 4.38. The molecule has 1 aromatic heterocycles. The molecular weight excluding hydrogens is 196 g/mol. The van der Waals surface area contributed by atoms with Gasteiger partial charge in [0.15, 0.2) is 0 Å². The second-order valence-electron chi connectivity index (χ2n) is 4.81. The fraction of sp³-hybridized carbons (Fsp3) is 0.786. The van der Waals surface area contributed by atoms with Crippen LogP contribution in [-0.2, 0) is 20.5 Å². The fourth-order valence-corrected chi connectivity index (χ4v) is 2.21. The first kappa shape index (κ1) is 13.3. The molecule has 92 valence electrons. The Balaban J connectivity index is 2.07. The third-order valence-electron chi connectivity index (χ3n) is 3.33. The molecule has 2 heteroatoms. The molecule has 0 spiro atoms. The first-order valence-corrected chi connectivity index (χ1v) is 6.75. The van der Waals surface area contributed by atoms with Crippen molar-refractivity contribution in [2.75, 3.05) is 0 Å². The van der Waals surface area contributed by atoms with Gasteiger partial charge in [0.05, 0.1) is 14.1 Å². The maximum absolute atomic E-state index is 2.27. The zero-order valence-corrected chi connectivity index (χ0v) is 11.2. The van der Waals surface area contributed by atoms with Crippen LogP contribution in [0.25, 0.3) is 0 Å². The van der Waals surface area contributed by atoms with Gasteiger partial charge in [0.1, 0.15) is 12.4 Å². The predicted molar refractivity (Wildman–Crippen MR) is 68.3 cm³/mol. The summed E-state index contributed by atoms with van der Waals surface area (Å²) >= 11 is 0. The van der Waals surface area contributed by atoms with Crippen molar-refractivity contribution in [1.29, 1.82) is 0 Å². The molecule has 1 aromatic rings. The van der Waals surface area contributed by atoms with Crippen molar-refractivity contribution in [1.82, 2.24) is 4.57 Å². The Labute approximate surface area is 100 Å². The molecule has 0 saturated carbocycles. The van der Waals surface area contributed by atoms with E-state index in [4.69, 9.17) is 0 Å². The van der Waals surface area contributed by atoms with Crippen molar-refractivity contribution < 1.29 is 4.57 Å². The summed E-state index contributed by atoms with van der Waals surface area (Å²) in [5, 5.41) is 0. The second kappa shape index (κ2) is 7.48. The quantitative estimate of drug-likeness (QED) is 0.473. The van der Waals surface area contributed by atoms with Crippen LogP contribution < -0.4 is 4.57 Å². The van der Waals surface area contributed by atoms with Gasteiger partial charge in [-0.15, -0.1) is 0 Å². The number of hydrogen-bond donors (Lipinski definition) is 0. The van der Waals surface area contributed by atoms with Crippen LogP contribution in [0.15, 0.2) is 12.4 Å². The molecular formula is C14H27N2+. The van der Waals surface area contributed by atoms with E-state index in [9.17, 15) is 0 Å². The average Bonchev–Trinajstić information content (AvgIpc) is 2.59. The van der Waals surface area contributed by atoms with E-state index < -0.39 is 0 Å². The number of aryl methyl sites for hydroxylation is 2. The largest absolute Gasteiger partial charge is 0.255 e. The second-order valence-corrected chi connectivity index (χ2v) is 4.81. The van der Waals surface area contributed by atoms with E-state index in [1.807, 2.05) is 0 Å². The minimum atomic E-state index is 1.22. The lowest BCUT2D eigenvalue weighted by Crippen LogP contribution is -2.31. The van der Waals surface area contributed by atoms with E-state index in [-0.39, 0.29) is 0 Å². The van der Waals surface area contributed by atoms with Gasteiger partial charge in [0.25, 0.3) is 5.82 Å². The zero-order valence-electron chi connectivity index (χ0n) is 11.2. The molecule has 0 N–H and O–H groups in total. The van der Waals surface area contributed by atoms with Gasteiger partial charge >= 0.3 is 0 Å². The topological polar surface area (TPSA) is 8.81 Å². The minimum absolute atomic E-state index is 1.22. The maximum atomic E-state index is 2.27. The zero-order chi connectivity index (χ0) is 11.8. The summed E-state index contributed by atoms with van der Waals surface area (Å²) in [6.07, 6.45) is 15.2. The Morgan fingerprint density at radius 2 is 1.69 bits per heavy atom. The van der Waals surface area contributed by atoms with E-state index in [1.165, 1.54) is 57.2 Å². The molecule has 0 amide bonds. The molecule has 0 aliphatic carbocycles. The lowest BCUT2D eigenvalue weighted by Gasteiger charge is -2.00. The first-order valence-electron chi connectivity index (χ1n) is 6.75. The highest BCUT2D eigenvalue weighted by Crippen LogP contribution is 2.08. The highest BCUT2D eigenvalue weighted by atomic mass is 15.1. The third-order valence-corrected chi connectivity index (χ3v) is 3.33. The highest BCUT2D eigenvalue weighted by Gasteiger charge is 2.09. The molecule has 0 aromatic carbocycles. The van der Waals surface area contributed by atoms with Crippen LogP contribution in [0.5, 0.6) is 0 Å². The van der Waals surface area contributed by atoms with Gasteiger partial charge < -0.3 is 0 Å². The van der Waals surface area contributed by atoms with Crippen LogP contribution in [0, 0.1) is 0 Å². The number of imidazole rings is 1. The predicted octanol–water partition coefficient (Wildman–Crippen LogP) is 3.14. The van der Waals surface area contributed by atoms with Crippen molar-refractivity contribution in [3.05, 3.63) is 18.2 Å². The maximum Gasteiger partial charge on any atom is 0.255 e. The Morgan fingerprint density at radius 3 is 2.25 bits per heavy atom. The molecule has 0 unspecified atom stereocenters. The summed E-state index contributed by atoms with van der Waals surface area (Å²) in [5.74, 6) is 1.44. The highest BCUT2D eigenvalue weighted by molar-refractivity contribution is 4.81. The summed E-state index contributed by atoms with van der Waals surface area (Å²) in [6.45, 7) is 2.27. The van der Waals surface area contributed by atoms with Crippen molar-refractivity contribution in [3.8, 4) is 0 Å². The molecule has 0 aliphatic rings. The van der Waals surface area contributed by atoms with Gasteiger partial charge in [0, 0.05) is 6.42 Å². The van der Waals surface area contributed by atoms with Gasteiger partial charge in [-0.05, 0) is 6.42 Å². The lowest BCUT2D eigenvalue weighted by atomic mass is 10.1. The molecule has 1 heterocycles. The Hall–Kier alpha value is -0.790. The Morgan fingerprint density at radius 1 is 1.06 bits per heavy atom. The van der Waals surface area contributed by atoms with Crippen molar-refractivity contribution >= 4 is 0 Å². The van der Waals surface area contributed by atoms with E-state index in [0.29, 0.717) is 0 Å². The molecule has 0 aliphatic heterocycles. The van der Waals surface area contributed by atoms with E-state index in [0.717, 1.165) is 0 Å². The van der Waals surface area contributed by atoms with Gasteiger partial charge in [-0.1, -0.05) is 45.4 Å². The molecule has 16 heavy (non-hydrogen) atoms. The summed E-state index contributed by atoms with van der Waals surface area (Å²) in [7, 11) is 4.27. The van der Waals surface area contributed by atoms with Gasteiger partial charge in [-0.3, -0.25) is 0 Å². The molecule has 0 saturated heterocycles. The SMILES string of the molecule is CCCCCCCCCc1n(C)cc[n+]1C. The molecule has 0 radical (unpaired) electrons. The van der Waals surface area contributed by atoms with Crippen molar-refractivity contribution in [2.24, 2.45) is 14.1 Å². The average molecular weight is 223 g/mol. The summed E-state index contributed by atoms with van der Waals surface area (Å²) < 4.78 is 4.47. The van der Waals surface area contributed by atoms with Crippen LogP contribution in [0.4, 0.5) is 0 Å². The van der Waals surface area contributed by atoms with Gasteiger partial charge in [-0.2, -0.15) is 0 Å². The first-order chi connectivity index (χ1) is 7.75. The summed E-state index contributed by atoms with van der Waals surface area (Å²) in [6, 6.07) is 0. The number of rotatable bonds is 8. The van der Waals surface area contributed by atoms with Crippen LogP contribution >= 0.6 is 0 Å². The fourth-order valence-electron chi connectivity index (χ4n) is 2.21. The smallest absolute Gasteiger partial charge is 0.237 e. The standard InChI is InChI=1S/C14H27N2/c1-4-5-6-7-8-9-10-11-14-15(2)12-13-16(14)3/h12-13H,4-11H2,1-3H3/q+1. The molecule has 2 nitrogen and oxygen atoms in total.